The molecular weight excluding hydrogens is 748 g/mol. The molecule has 3 saturated carbocycles. The third kappa shape index (κ3) is 5.26. The second-order valence-corrected chi connectivity index (χ2v) is 18.9. The first-order valence-corrected chi connectivity index (χ1v) is 21.2. The number of carboxylic acids is 1. The van der Waals surface area contributed by atoms with Gasteiger partial charge in [-0.25, -0.2) is 4.79 Å². The van der Waals surface area contributed by atoms with Gasteiger partial charge in [0.15, 0.2) is 5.78 Å². The molecule has 2 aromatic carbocycles. The summed E-state index contributed by atoms with van der Waals surface area (Å²) in [6, 6.07) is 2.26. The van der Waals surface area contributed by atoms with E-state index in [4.69, 9.17) is 18.9 Å². The van der Waals surface area contributed by atoms with E-state index in [1.807, 2.05) is 0 Å². The van der Waals surface area contributed by atoms with E-state index in [0.29, 0.717) is 38.4 Å². The van der Waals surface area contributed by atoms with Crippen LogP contribution in [-0.2, 0) is 14.2 Å². The van der Waals surface area contributed by atoms with Crippen LogP contribution in [0.2, 0.25) is 0 Å². The number of ketones is 1. The Bertz CT molecular complexity index is 2150. The molecule has 4 heterocycles. The van der Waals surface area contributed by atoms with Crippen molar-refractivity contribution in [3.8, 4) is 17.2 Å². The minimum atomic E-state index is -1.78. The summed E-state index contributed by atoms with van der Waals surface area (Å²) < 4.78 is 26.5. The van der Waals surface area contributed by atoms with Crippen molar-refractivity contribution in [1.82, 2.24) is 0 Å². The normalized spacial score (nSPS) is 39.7. The van der Waals surface area contributed by atoms with Crippen LogP contribution < -0.4 is 4.74 Å². The van der Waals surface area contributed by atoms with E-state index >= 15 is 0 Å². The molecule has 10 rings (SSSR count). The molecule has 3 saturated heterocycles. The zero-order valence-electron chi connectivity index (χ0n) is 33.0. The lowest BCUT2D eigenvalue weighted by Crippen LogP contribution is -2.71. The molecule has 13 heteroatoms. The lowest BCUT2D eigenvalue weighted by atomic mass is 9.43. The molecule has 4 aliphatic carbocycles. The van der Waals surface area contributed by atoms with Crippen LogP contribution in [0, 0.1) is 41.4 Å². The molecule has 0 unspecified atom stereocenters. The minimum absolute atomic E-state index is 0.0467. The van der Waals surface area contributed by atoms with Gasteiger partial charge in [-0.15, -0.1) is 0 Å². The summed E-state index contributed by atoms with van der Waals surface area (Å²) in [6.07, 6.45) is 3.49. The van der Waals surface area contributed by atoms with Crippen molar-refractivity contribution in [2.45, 2.75) is 127 Å². The number of hydrogen-bond donors (Lipinski definition) is 7. The first-order valence-electron chi connectivity index (χ1n) is 21.2. The van der Waals surface area contributed by atoms with Crippen molar-refractivity contribution < 1.29 is 64.3 Å². The SMILES string of the molecule is CC(=O)c1c(C)c(O)c2cc(C(=O)O)cc(O[C@@H]3O[C@@H]4[C@@H](O)CC[C@H]5O[C@@]4(C[C@@H]4C6=C5CC=C6[C@]5(CCO)COC[C@@H]6CC7(CCCC7)C[C@@H]4[C@H]65)[C@H](O)[C@H]3O)c2c1O. The van der Waals surface area contributed by atoms with E-state index in [2.05, 4.69) is 6.08 Å². The predicted molar refractivity (Wildman–Crippen MR) is 207 cm³/mol. The summed E-state index contributed by atoms with van der Waals surface area (Å²) in [5, 5.41) is 79.7. The van der Waals surface area contributed by atoms with Crippen molar-refractivity contribution in [2.24, 2.45) is 34.5 Å². The number of carbonyl (C=O) groups excluding carboxylic acids is 1. The molecule has 2 aromatic rings. The molecule has 2 spiro atoms. The Kier molecular flexibility index (Phi) is 8.97. The molecule has 312 valence electrons. The number of fused-ring (bicyclic) bond motifs is 5. The Morgan fingerprint density at radius 3 is 2.52 bits per heavy atom. The Labute approximate surface area is 336 Å². The minimum Gasteiger partial charge on any atom is -0.507 e. The number of carbonyl (C=O) groups is 2. The van der Waals surface area contributed by atoms with Crippen molar-refractivity contribution in [1.29, 1.82) is 0 Å². The van der Waals surface area contributed by atoms with Gasteiger partial charge in [0.1, 0.15) is 41.2 Å². The predicted octanol–water partition coefficient (Wildman–Crippen LogP) is 4.83. The molecule has 58 heavy (non-hydrogen) atoms. The van der Waals surface area contributed by atoms with Crippen molar-refractivity contribution in [3.05, 3.63) is 51.6 Å². The zero-order valence-corrected chi connectivity index (χ0v) is 33.0. The smallest absolute Gasteiger partial charge is 0.335 e. The molecule has 13 nitrogen and oxygen atoms in total. The number of aliphatic hydroxyl groups is 4. The maximum Gasteiger partial charge on any atom is 0.335 e. The lowest BCUT2D eigenvalue weighted by molar-refractivity contribution is -0.336. The molecule has 0 aromatic heterocycles. The molecule has 8 aliphatic rings. The van der Waals surface area contributed by atoms with Gasteiger partial charge in [0.25, 0.3) is 0 Å². The summed E-state index contributed by atoms with van der Waals surface area (Å²) in [4.78, 5) is 25.0. The van der Waals surface area contributed by atoms with Crippen LogP contribution >= 0.6 is 0 Å². The summed E-state index contributed by atoms with van der Waals surface area (Å²) in [6.45, 7) is 3.93. The van der Waals surface area contributed by atoms with Gasteiger partial charge in [0.2, 0.25) is 6.29 Å². The number of hydrogen-bond acceptors (Lipinski definition) is 12. The number of carboxylic acid groups (broad SMARTS) is 1. The van der Waals surface area contributed by atoms with Gasteiger partial charge in [-0.05, 0) is 130 Å². The number of ether oxygens (including phenoxy) is 4. The highest BCUT2D eigenvalue weighted by molar-refractivity contribution is 6.11. The first-order chi connectivity index (χ1) is 27.7. The van der Waals surface area contributed by atoms with Crippen LogP contribution in [0.4, 0.5) is 0 Å². The van der Waals surface area contributed by atoms with Gasteiger partial charge >= 0.3 is 5.97 Å². The van der Waals surface area contributed by atoms with Gasteiger partial charge in [-0.2, -0.15) is 0 Å². The molecule has 6 fully saturated rings. The summed E-state index contributed by atoms with van der Waals surface area (Å²) in [7, 11) is 0. The number of benzene rings is 2. The van der Waals surface area contributed by atoms with Crippen LogP contribution in [0.3, 0.4) is 0 Å². The second-order valence-electron chi connectivity index (χ2n) is 18.9. The van der Waals surface area contributed by atoms with E-state index in [1.54, 1.807) is 0 Å². The monoisotopic (exact) mass is 802 g/mol. The summed E-state index contributed by atoms with van der Waals surface area (Å²) >= 11 is 0. The van der Waals surface area contributed by atoms with Crippen molar-refractivity contribution in [3.63, 3.8) is 0 Å². The van der Waals surface area contributed by atoms with Gasteiger partial charge in [-0.3, -0.25) is 4.79 Å². The Morgan fingerprint density at radius 2 is 1.79 bits per heavy atom. The zero-order chi connectivity index (χ0) is 40.6. The Hall–Kier alpha value is -3.56. The third-order valence-electron chi connectivity index (χ3n) is 16.1. The standard InChI is InChI=1S/C45H54O13/c1-20-32(21(2)47)37(50)34-25(36(20)49)13-22(41(53)54)14-31(34)56-42-38(51)39(52)45-17-26-27-16-43(9-3-4-10-43)15-23-18-55-19-44(11-12-46,35(23)27)28-6-5-24(33(26)28)30(58-45)8-7-29(48)40(45)57-42/h6,13-14,23,26-27,29-30,35,38-40,42,46,48-52H,3-5,7-12,15-19H2,1-2H3,(H,53,54)/t23-,26-,27-,29-,30+,35-,38+,39+,40+,42+,44-,45-/m0/s1. The van der Waals surface area contributed by atoms with Crippen LogP contribution in [0.15, 0.2) is 34.9 Å². The largest absolute Gasteiger partial charge is 0.507 e. The number of Topliss-reactive ketones (excluding diaryl/α,β-unsaturated/α-hetero) is 1. The fourth-order valence-electron chi connectivity index (χ4n) is 14.0. The van der Waals surface area contributed by atoms with Crippen LogP contribution in [0.1, 0.15) is 104 Å². The quantitative estimate of drug-likeness (QED) is 0.154. The number of phenolic OH excluding ortho intramolecular Hbond substituents is 2. The van der Waals surface area contributed by atoms with Crippen LogP contribution in [0.25, 0.3) is 10.8 Å². The molecule has 12 atom stereocenters. The highest BCUT2D eigenvalue weighted by Gasteiger charge is 2.69. The van der Waals surface area contributed by atoms with E-state index in [1.165, 1.54) is 37.8 Å². The average Bonchev–Trinajstić information content (AvgIpc) is 3.78. The lowest BCUT2D eigenvalue weighted by Gasteiger charge is -2.64. The van der Waals surface area contributed by atoms with Gasteiger partial charge in [0.05, 0.1) is 35.3 Å². The highest BCUT2D eigenvalue weighted by atomic mass is 16.7. The summed E-state index contributed by atoms with van der Waals surface area (Å²) in [5.41, 5.74) is 1.46. The number of allylic oxidation sites excluding steroid dienone is 2. The molecule has 7 N–H and O–H groups in total. The van der Waals surface area contributed by atoms with E-state index in [0.717, 1.165) is 43.4 Å². The van der Waals surface area contributed by atoms with Gasteiger partial charge in [-0.1, -0.05) is 18.9 Å². The fraction of sp³-hybridized carbons (Fsp3) is 0.644. The number of phenols is 2. The highest BCUT2D eigenvalue weighted by Crippen LogP contribution is 2.71. The third-order valence-corrected chi connectivity index (χ3v) is 16.1. The number of aromatic hydroxyl groups is 2. The second kappa shape index (κ2) is 13.5. The Balaban J connectivity index is 1.07. The number of aliphatic hydroxyl groups excluding tert-OH is 4. The van der Waals surface area contributed by atoms with Gasteiger partial charge < -0.3 is 54.7 Å². The Morgan fingerprint density at radius 1 is 1.02 bits per heavy atom. The van der Waals surface area contributed by atoms with E-state index < -0.39 is 65.7 Å². The maximum atomic E-state index is 12.7. The van der Waals surface area contributed by atoms with E-state index in [9.17, 15) is 45.3 Å². The molecule has 4 aliphatic heterocycles. The number of aromatic carboxylic acids is 1. The van der Waals surface area contributed by atoms with E-state index in [-0.39, 0.29) is 81.2 Å². The first kappa shape index (κ1) is 38.6. The molecular formula is C45H54O13. The average molecular weight is 803 g/mol. The van der Waals surface area contributed by atoms with Crippen LogP contribution in [0.5, 0.6) is 17.2 Å². The topological polar surface area (TPSA) is 213 Å². The molecule has 0 radical (unpaired) electrons. The van der Waals surface area contributed by atoms with Crippen molar-refractivity contribution in [2.75, 3.05) is 19.8 Å². The summed E-state index contributed by atoms with van der Waals surface area (Å²) in [5.74, 6) is -2.54. The molecule has 2 bridgehead atoms. The van der Waals surface area contributed by atoms with Gasteiger partial charge in [0, 0.05) is 29.6 Å². The molecule has 0 amide bonds. The fourth-order valence-corrected chi connectivity index (χ4v) is 14.0. The van der Waals surface area contributed by atoms with Crippen molar-refractivity contribution >= 4 is 22.5 Å². The van der Waals surface area contributed by atoms with Crippen LogP contribution in [-0.4, -0.2) is 110 Å². The number of rotatable bonds is 6. The maximum absolute atomic E-state index is 12.7.